The molecule has 0 aliphatic rings. The summed E-state index contributed by atoms with van der Waals surface area (Å²) in [4.78, 5) is 12.5. The Morgan fingerprint density at radius 1 is 1.19 bits per heavy atom. The Morgan fingerprint density at radius 3 is 2.38 bits per heavy atom. The molecule has 1 nitrogen and oxygen atoms in total. The summed E-state index contributed by atoms with van der Waals surface area (Å²) in [5, 5.41) is 1.95. The summed E-state index contributed by atoms with van der Waals surface area (Å²) < 4.78 is 0.161. The van der Waals surface area contributed by atoms with Crippen molar-refractivity contribution in [3.05, 3.63) is 41.8 Å². The number of carbonyl (C=O) groups is 1. The van der Waals surface area contributed by atoms with Crippen molar-refractivity contribution in [3.63, 3.8) is 0 Å². The Hall–Kier alpha value is -0.670. The Kier molecular flexibility index (Phi) is 5.16. The monoisotopic (exact) mass is 252 g/mol. The summed E-state index contributed by atoms with van der Waals surface area (Å²) in [6.07, 6.45) is 1.63. The van der Waals surface area contributed by atoms with Crippen LogP contribution >= 0.6 is 23.5 Å². The standard InChI is InChI=1S/C13H16OS2/c1-13(2,3)15-10-9-12(14)16-11-7-5-4-6-8-11/h4-10H,1-3H3/b10-9-. The summed E-state index contributed by atoms with van der Waals surface area (Å²) >= 11 is 2.91. The highest BCUT2D eigenvalue weighted by atomic mass is 32.2. The fourth-order valence-electron chi connectivity index (χ4n) is 0.932. The van der Waals surface area contributed by atoms with E-state index in [0.29, 0.717) is 0 Å². The van der Waals surface area contributed by atoms with Crippen molar-refractivity contribution < 1.29 is 4.79 Å². The molecule has 0 aliphatic carbocycles. The fraction of sp³-hybridized carbons (Fsp3) is 0.308. The topological polar surface area (TPSA) is 17.1 Å². The molecule has 0 saturated carbocycles. The molecule has 0 spiro atoms. The summed E-state index contributed by atoms with van der Waals surface area (Å²) in [5.74, 6) is 0. The van der Waals surface area contributed by atoms with E-state index in [1.807, 2.05) is 35.7 Å². The molecule has 16 heavy (non-hydrogen) atoms. The van der Waals surface area contributed by atoms with Crippen LogP contribution in [0, 0.1) is 0 Å². The maximum Gasteiger partial charge on any atom is 0.217 e. The molecule has 0 amide bonds. The fourth-order valence-corrected chi connectivity index (χ4v) is 2.28. The van der Waals surface area contributed by atoms with Crippen LogP contribution in [0.5, 0.6) is 0 Å². The number of hydrogen-bond donors (Lipinski definition) is 0. The van der Waals surface area contributed by atoms with Gasteiger partial charge in [0.15, 0.2) is 0 Å². The van der Waals surface area contributed by atoms with Crippen LogP contribution in [0.15, 0.2) is 46.7 Å². The van der Waals surface area contributed by atoms with E-state index in [4.69, 9.17) is 0 Å². The van der Waals surface area contributed by atoms with Crippen LogP contribution in [-0.2, 0) is 4.79 Å². The van der Waals surface area contributed by atoms with Gasteiger partial charge in [-0.1, -0.05) is 39.0 Å². The molecule has 86 valence electrons. The summed E-state index contributed by atoms with van der Waals surface area (Å²) in [5.41, 5.74) is 0. The van der Waals surface area contributed by atoms with Gasteiger partial charge in [0, 0.05) is 9.64 Å². The molecule has 3 heteroatoms. The highest BCUT2D eigenvalue weighted by Crippen LogP contribution is 2.25. The van der Waals surface area contributed by atoms with Crippen molar-refractivity contribution in [2.45, 2.75) is 30.4 Å². The zero-order chi connectivity index (χ0) is 12.0. The van der Waals surface area contributed by atoms with E-state index in [0.717, 1.165) is 4.90 Å². The molecular weight excluding hydrogens is 236 g/mol. The lowest BCUT2D eigenvalue weighted by atomic mass is 10.3. The first-order chi connectivity index (χ1) is 7.47. The molecule has 1 aromatic rings. The number of hydrogen-bond acceptors (Lipinski definition) is 3. The quantitative estimate of drug-likeness (QED) is 0.588. The second kappa shape index (κ2) is 6.16. The smallest absolute Gasteiger partial charge is 0.217 e. The SMILES string of the molecule is CC(C)(C)S/C=C\C(=O)Sc1ccccc1. The third-order valence-corrected chi connectivity index (χ3v) is 3.41. The molecule has 1 aromatic carbocycles. The third-order valence-electron chi connectivity index (χ3n) is 1.59. The Bertz CT molecular complexity index is 363. The number of benzene rings is 1. The highest BCUT2D eigenvalue weighted by molar-refractivity contribution is 8.14. The van der Waals surface area contributed by atoms with E-state index in [1.165, 1.54) is 11.8 Å². The van der Waals surface area contributed by atoms with Crippen LogP contribution in [0.3, 0.4) is 0 Å². The molecule has 0 aromatic heterocycles. The zero-order valence-corrected chi connectivity index (χ0v) is 11.4. The van der Waals surface area contributed by atoms with Crippen LogP contribution in [0.4, 0.5) is 0 Å². The van der Waals surface area contributed by atoms with Gasteiger partial charge in [-0.3, -0.25) is 4.79 Å². The van der Waals surface area contributed by atoms with Gasteiger partial charge in [0.25, 0.3) is 0 Å². The lowest BCUT2D eigenvalue weighted by Crippen LogP contribution is -2.04. The lowest BCUT2D eigenvalue weighted by Gasteiger charge is -2.13. The minimum atomic E-state index is 0.0722. The maximum atomic E-state index is 11.6. The average Bonchev–Trinajstić information content (AvgIpc) is 2.17. The Labute approximate surface area is 106 Å². The van der Waals surface area contributed by atoms with Crippen LogP contribution in [-0.4, -0.2) is 9.86 Å². The number of thioether (sulfide) groups is 2. The predicted molar refractivity (Wildman–Crippen MR) is 73.8 cm³/mol. The lowest BCUT2D eigenvalue weighted by molar-refractivity contribution is -0.107. The molecule has 0 bridgehead atoms. The van der Waals surface area contributed by atoms with E-state index in [2.05, 4.69) is 20.8 Å². The maximum absolute atomic E-state index is 11.6. The molecule has 1 rings (SSSR count). The molecule has 0 saturated heterocycles. The van der Waals surface area contributed by atoms with Crippen molar-refractivity contribution in [1.29, 1.82) is 0 Å². The third kappa shape index (κ3) is 6.03. The summed E-state index contributed by atoms with van der Waals surface area (Å²) in [7, 11) is 0. The van der Waals surface area contributed by atoms with Gasteiger partial charge in [-0.2, -0.15) is 0 Å². The number of rotatable bonds is 3. The van der Waals surface area contributed by atoms with Crippen molar-refractivity contribution in [3.8, 4) is 0 Å². The molecule has 0 radical (unpaired) electrons. The summed E-state index contributed by atoms with van der Waals surface area (Å²) in [6.45, 7) is 6.37. The van der Waals surface area contributed by atoms with E-state index in [1.54, 1.807) is 17.8 Å². The van der Waals surface area contributed by atoms with E-state index >= 15 is 0 Å². The van der Waals surface area contributed by atoms with Gasteiger partial charge in [-0.15, -0.1) is 11.8 Å². The van der Waals surface area contributed by atoms with Crippen LogP contribution in [0.2, 0.25) is 0 Å². The predicted octanol–water partition coefficient (Wildman–Crippen LogP) is 4.35. The van der Waals surface area contributed by atoms with E-state index < -0.39 is 0 Å². The summed E-state index contributed by atoms with van der Waals surface area (Å²) in [6, 6.07) is 9.69. The first-order valence-electron chi connectivity index (χ1n) is 5.08. The minimum Gasteiger partial charge on any atom is -0.282 e. The minimum absolute atomic E-state index is 0.0722. The largest absolute Gasteiger partial charge is 0.282 e. The van der Waals surface area contributed by atoms with Crippen LogP contribution < -0.4 is 0 Å². The molecule has 0 aliphatic heterocycles. The first-order valence-corrected chi connectivity index (χ1v) is 6.78. The second-order valence-electron chi connectivity index (χ2n) is 4.27. The second-order valence-corrected chi connectivity index (χ2v) is 7.08. The highest BCUT2D eigenvalue weighted by Gasteiger charge is 2.08. The van der Waals surface area contributed by atoms with Gasteiger partial charge in [-0.05, 0) is 35.4 Å². The number of carbonyl (C=O) groups excluding carboxylic acids is 1. The van der Waals surface area contributed by atoms with Gasteiger partial charge in [0.1, 0.15) is 0 Å². The van der Waals surface area contributed by atoms with Crippen LogP contribution in [0.25, 0.3) is 0 Å². The van der Waals surface area contributed by atoms with Crippen molar-refractivity contribution in [2.24, 2.45) is 0 Å². The van der Waals surface area contributed by atoms with Gasteiger partial charge >= 0.3 is 0 Å². The molecule has 0 atom stereocenters. The van der Waals surface area contributed by atoms with Gasteiger partial charge in [-0.25, -0.2) is 0 Å². The molecule has 0 unspecified atom stereocenters. The normalized spacial score (nSPS) is 11.9. The Morgan fingerprint density at radius 2 is 1.81 bits per heavy atom. The zero-order valence-electron chi connectivity index (χ0n) is 9.77. The van der Waals surface area contributed by atoms with Gasteiger partial charge in [0.2, 0.25) is 5.12 Å². The van der Waals surface area contributed by atoms with Gasteiger partial charge in [0.05, 0.1) is 0 Å². The van der Waals surface area contributed by atoms with Crippen molar-refractivity contribution in [2.75, 3.05) is 0 Å². The van der Waals surface area contributed by atoms with Crippen molar-refractivity contribution in [1.82, 2.24) is 0 Å². The van der Waals surface area contributed by atoms with Crippen molar-refractivity contribution >= 4 is 28.6 Å². The molecule has 0 N–H and O–H groups in total. The van der Waals surface area contributed by atoms with E-state index in [9.17, 15) is 4.79 Å². The molecular formula is C13H16OS2. The van der Waals surface area contributed by atoms with E-state index in [-0.39, 0.29) is 9.86 Å². The molecule has 0 heterocycles. The average molecular weight is 252 g/mol. The van der Waals surface area contributed by atoms with Crippen LogP contribution in [0.1, 0.15) is 20.8 Å². The first kappa shape index (κ1) is 13.4. The van der Waals surface area contributed by atoms with Gasteiger partial charge < -0.3 is 0 Å². The molecule has 0 fully saturated rings. The Balaban J connectivity index is 2.43.